The largest absolute Gasteiger partial charge is 0.352 e. The van der Waals surface area contributed by atoms with Gasteiger partial charge in [-0.2, -0.15) is 0 Å². The van der Waals surface area contributed by atoms with Crippen LogP contribution in [0.2, 0.25) is 0 Å². The SMILES string of the molecule is CC(NC(C)c1nccn1C)C(=O)NC1CC1. The molecule has 0 bridgehead atoms. The van der Waals surface area contributed by atoms with Gasteiger partial charge in [-0.25, -0.2) is 4.98 Å². The van der Waals surface area contributed by atoms with E-state index in [1.807, 2.05) is 31.7 Å². The number of hydrogen-bond acceptors (Lipinski definition) is 3. The third-order valence-electron chi connectivity index (χ3n) is 3.06. The summed E-state index contributed by atoms with van der Waals surface area (Å²) in [6, 6.07) is 0.285. The molecule has 5 nitrogen and oxygen atoms in total. The Hall–Kier alpha value is -1.36. The molecule has 1 aromatic rings. The van der Waals surface area contributed by atoms with Crippen molar-refractivity contribution in [2.75, 3.05) is 0 Å². The van der Waals surface area contributed by atoms with E-state index in [9.17, 15) is 4.79 Å². The Labute approximate surface area is 102 Å². The van der Waals surface area contributed by atoms with E-state index in [1.54, 1.807) is 6.20 Å². The summed E-state index contributed by atoms with van der Waals surface area (Å²) in [6.45, 7) is 3.90. The molecule has 2 atom stereocenters. The van der Waals surface area contributed by atoms with Gasteiger partial charge in [-0.3, -0.25) is 10.1 Å². The second-order valence-electron chi connectivity index (χ2n) is 4.79. The zero-order valence-electron chi connectivity index (χ0n) is 10.6. The van der Waals surface area contributed by atoms with E-state index in [2.05, 4.69) is 15.6 Å². The lowest BCUT2D eigenvalue weighted by atomic mass is 10.2. The van der Waals surface area contributed by atoms with Crippen LogP contribution in [0, 0.1) is 0 Å². The fourth-order valence-corrected chi connectivity index (χ4v) is 1.87. The summed E-state index contributed by atoms with van der Waals surface area (Å²) in [5.74, 6) is 1.02. The molecular weight excluding hydrogens is 216 g/mol. The zero-order chi connectivity index (χ0) is 12.4. The first kappa shape index (κ1) is 12.1. The van der Waals surface area contributed by atoms with Gasteiger partial charge in [0, 0.05) is 25.5 Å². The Morgan fingerprint density at radius 1 is 1.53 bits per heavy atom. The summed E-state index contributed by atoms with van der Waals surface area (Å²) in [4.78, 5) is 16.1. The molecule has 1 heterocycles. The Bertz CT molecular complexity index is 397. The molecule has 1 amide bonds. The highest BCUT2D eigenvalue weighted by Gasteiger charge is 2.26. The van der Waals surface area contributed by atoms with Crippen LogP contribution in [0.1, 0.15) is 38.6 Å². The predicted molar refractivity (Wildman–Crippen MR) is 65.4 cm³/mol. The number of aryl methyl sites for hydroxylation is 1. The maximum absolute atomic E-state index is 11.8. The van der Waals surface area contributed by atoms with E-state index in [-0.39, 0.29) is 18.0 Å². The first-order valence-electron chi connectivity index (χ1n) is 6.11. The molecule has 0 spiro atoms. The maximum Gasteiger partial charge on any atom is 0.237 e. The second kappa shape index (κ2) is 4.87. The highest BCUT2D eigenvalue weighted by Crippen LogP contribution is 2.18. The van der Waals surface area contributed by atoms with Gasteiger partial charge in [0.25, 0.3) is 0 Å². The summed E-state index contributed by atoms with van der Waals surface area (Å²) in [6.07, 6.45) is 5.91. The number of nitrogens with zero attached hydrogens (tertiary/aromatic N) is 2. The Balaban J connectivity index is 1.86. The van der Waals surface area contributed by atoms with Gasteiger partial charge in [0.05, 0.1) is 12.1 Å². The fraction of sp³-hybridized carbons (Fsp3) is 0.667. The molecule has 2 N–H and O–H groups in total. The van der Waals surface area contributed by atoms with Crippen LogP contribution in [0.3, 0.4) is 0 Å². The molecule has 1 aromatic heterocycles. The average molecular weight is 236 g/mol. The lowest BCUT2D eigenvalue weighted by molar-refractivity contribution is -0.123. The van der Waals surface area contributed by atoms with Gasteiger partial charge < -0.3 is 9.88 Å². The number of nitrogens with one attached hydrogen (secondary N) is 2. The van der Waals surface area contributed by atoms with E-state index in [4.69, 9.17) is 0 Å². The Morgan fingerprint density at radius 2 is 2.24 bits per heavy atom. The minimum absolute atomic E-state index is 0.0648. The number of aromatic nitrogens is 2. The van der Waals surface area contributed by atoms with E-state index in [1.165, 1.54) is 0 Å². The van der Waals surface area contributed by atoms with Crippen molar-refractivity contribution in [1.29, 1.82) is 0 Å². The molecular formula is C12H20N4O. The van der Waals surface area contributed by atoms with Crippen LogP contribution in [0.4, 0.5) is 0 Å². The van der Waals surface area contributed by atoms with Gasteiger partial charge >= 0.3 is 0 Å². The number of imidazole rings is 1. The van der Waals surface area contributed by atoms with Gasteiger partial charge in [-0.05, 0) is 26.7 Å². The number of amides is 1. The second-order valence-corrected chi connectivity index (χ2v) is 4.79. The molecule has 1 aliphatic carbocycles. The molecule has 0 radical (unpaired) electrons. The molecule has 94 valence electrons. The van der Waals surface area contributed by atoms with Gasteiger partial charge in [-0.1, -0.05) is 0 Å². The zero-order valence-corrected chi connectivity index (χ0v) is 10.6. The minimum atomic E-state index is -0.192. The molecule has 0 aromatic carbocycles. The van der Waals surface area contributed by atoms with Crippen LogP contribution in [0.15, 0.2) is 12.4 Å². The molecule has 17 heavy (non-hydrogen) atoms. The molecule has 1 fully saturated rings. The van der Waals surface area contributed by atoms with Gasteiger partial charge in [0.1, 0.15) is 5.82 Å². The molecule has 1 saturated carbocycles. The molecule has 1 aliphatic rings. The van der Waals surface area contributed by atoms with Crippen LogP contribution in [0.25, 0.3) is 0 Å². The van der Waals surface area contributed by atoms with Crippen LogP contribution in [-0.2, 0) is 11.8 Å². The average Bonchev–Trinajstić information content (AvgIpc) is 2.98. The lowest BCUT2D eigenvalue weighted by Gasteiger charge is -2.19. The van der Waals surface area contributed by atoms with E-state index >= 15 is 0 Å². The number of carbonyl (C=O) groups is 1. The van der Waals surface area contributed by atoms with Gasteiger partial charge in [0.15, 0.2) is 0 Å². The molecule has 0 aliphatic heterocycles. The van der Waals surface area contributed by atoms with Crippen LogP contribution >= 0.6 is 0 Å². The van der Waals surface area contributed by atoms with Crippen molar-refractivity contribution in [3.05, 3.63) is 18.2 Å². The Morgan fingerprint density at radius 3 is 2.76 bits per heavy atom. The number of hydrogen-bond donors (Lipinski definition) is 2. The van der Waals surface area contributed by atoms with Crippen molar-refractivity contribution >= 4 is 5.91 Å². The van der Waals surface area contributed by atoms with Crippen LogP contribution in [-0.4, -0.2) is 27.5 Å². The molecule has 2 rings (SSSR count). The van der Waals surface area contributed by atoms with Crippen molar-refractivity contribution in [2.24, 2.45) is 7.05 Å². The smallest absolute Gasteiger partial charge is 0.237 e. The fourth-order valence-electron chi connectivity index (χ4n) is 1.87. The topological polar surface area (TPSA) is 59.0 Å². The first-order chi connectivity index (χ1) is 8.08. The molecule has 2 unspecified atom stereocenters. The highest BCUT2D eigenvalue weighted by molar-refractivity contribution is 5.81. The number of rotatable bonds is 5. The third kappa shape index (κ3) is 3.06. The maximum atomic E-state index is 11.8. The quantitative estimate of drug-likeness (QED) is 0.792. The van der Waals surface area contributed by atoms with Crippen molar-refractivity contribution in [1.82, 2.24) is 20.2 Å². The highest BCUT2D eigenvalue weighted by atomic mass is 16.2. The first-order valence-corrected chi connectivity index (χ1v) is 6.11. The summed E-state index contributed by atoms with van der Waals surface area (Å²) in [5.41, 5.74) is 0. The normalized spacial score (nSPS) is 18.8. The standard InChI is InChI=1S/C12H20N4O/c1-8(11-13-6-7-16(11)3)14-9(2)12(17)15-10-4-5-10/h6-10,14H,4-5H2,1-3H3,(H,15,17). The molecule has 5 heteroatoms. The van der Waals surface area contributed by atoms with E-state index in [0.29, 0.717) is 6.04 Å². The van der Waals surface area contributed by atoms with Crippen LogP contribution < -0.4 is 10.6 Å². The van der Waals surface area contributed by atoms with Gasteiger partial charge in [0.2, 0.25) is 5.91 Å². The summed E-state index contributed by atoms with van der Waals surface area (Å²) in [7, 11) is 1.95. The van der Waals surface area contributed by atoms with E-state index in [0.717, 1.165) is 18.7 Å². The lowest BCUT2D eigenvalue weighted by Crippen LogP contribution is -2.44. The number of carbonyl (C=O) groups excluding carboxylic acids is 1. The van der Waals surface area contributed by atoms with Crippen molar-refractivity contribution in [3.8, 4) is 0 Å². The minimum Gasteiger partial charge on any atom is -0.352 e. The van der Waals surface area contributed by atoms with Crippen molar-refractivity contribution in [2.45, 2.75) is 44.8 Å². The van der Waals surface area contributed by atoms with E-state index < -0.39 is 0 Å². The summed E-state index contributed by atoms with van der Waals surface area (Å²) < 4.78 is 1.96. The summed E-state index contributed by atoms with van der Waals surface area (Å²) in [5, 5.41) is 6.25. The van der Waals surface area contributed by atoms with Crippen molar-refractivity contribution < 1.29 is 4.79 Å². The van der Waals surface area contributed by atoms with Gasteiger partial charge in [-0.15, -0.1) is 0 Å². The van der Waals surface area contributed by atoms with Crippen molar-refractivity contribution in [3.63, 3.8) is 0 Å². The molecule has 0 saturated heterocycles. The third-order valence-corrected chi connectivity index (χ3v) is 3.06. The Kier molecular flexibility index (Phi) is 3.47. The summed E-state index contributed by atoms with van der Waals surface area (Å²) >= 11 is 0. The monoisotopic (exact) mass is 236 g/mol. The van der Waals surface area contributed by atoms with Crippen LogP contribution in [0.5, 0.6) is 0 Å². The predicted octanol–water partition coefficient (Wildman–Crippen LogP) is 0.738.